The van der Waals surface area contributed by atoms with Crippen LogP contribution in [0.3, 0.4) is 0 Å². The Balaban J connectivity index is 2.24. The summed E-state index contributed by atoms with van der Waals surface area (Å²) in [6, 6.07) is -0.653. The zero-order valence-electron chi connectivity index (χ0n) is 11.0. The molecule has 0 aromatic carbocycles. The number of aromatic nitrogens is 1. The van der Waals surface area contributed by atoms with Crippen LogP contribution in [0.4, 0.5) is 4.79 Å². The number of hydrogen-bond donors (Lipinski definition) is 1. The van der Waals surface area contributed by atoms with Gasteiger partial charge in [-0.05, 0) is 12.8 Å². The van der Waals surface area contributed by atoms with Gasteiger partial charge in [-0.15, -0.1) is 11.3 Å². The summed E-state index contributed by atoms with van der Waals surface area (Å²) < 4.78 is 0. The zero-order valence-corrected chi connectivity index (χ0v) is 11.8. The van der Waals surface area contributed by atoms with Gasteiger partial charge in [-0.3, -0.25) is 19.8 Å². The van der Waals surface area contributed by atoms with E-state index >= 15 is 0 Å². The number of carbonyl (C=O) groups is 3. The third-order valence-electron chi connectivity index (χ3n) is 3.10. The van der Waals surface area contributed by atoms with Gasteiger partial charge in [0, 0.05) is 4.88 Å². The Hall–Kier alpha value is -1.76. The first-order valence-corrected chi connectivity index (χ1v) is 6.85. The molecule has 4 amide bonds. The van der Waals surface area contributed by atoms with Crippen molar-refractivity contribution in [1.29, 1.82) is 0 Å². The molecule has 1 aromatic heterocycles. The molecule has 102 valence electrons. The van der Waals surface area contributed by atoms with Crippen molar-refractivity contribution in [3.05, 3.63) is 16.1 Å². The molecular formula is C12H15N3O3S. The Bertz CT molecular complexity index is 538. The van der Waals surface area contributed by atoms with E-state index in [1.165, 1.54) is 11.3 Å². The molecule has 1 unspecified atom stereocenters. The monoisotopic (exact) mass is 281 g/mol. The summed E-state index contributed by atoms with van der Waals surface area (Å²) in [5.74, 6) is -1.89. The number of imide groups is 2. The lowest BCUT2D eigenvalue weighted by Gasteiger charge is -2.31. The minimum atomic E-state index is -0.800. The number of nitrogens with zero attached hydrogens (tertiary/aromatic N) is 2. The summed E-state index contributed by atoms with van der Waals surface area (Å²) in [6.07, 6.45) is 0. The second kappa shape index (κ2) is 5.08. The van der Waals surface area contributed by atoms with Crippen molar-refractivity contribution >= 4 is 29.2 Å². The molecule has 0 spiro atoms. The van der Waals surface area contributed by atoms with Crippen LogP contribution >= 0.6 is 11.3 Å². The molecule has 1 saturated heterocycles. The first-order chi connectivity index (χ1) is 8.91. The fourth-order valence-corrected chi connectivity index (χ4v) is 2.75. The third-order valence-corrected chi connectivity index (χ3v) is 4.02. The number of rotatable bonds is 3. The summed E-state index contributed by atoms with van der Waals surface area (Å²) >= 11 is 1.39. The van der Waals surface area contributed by atoms with E-state index < -0.39 is 23.8 Å². The largest absolute Gasteiger partial charge is 0.331 e. The molecule has 0 saturated carbocycles. The second-order valence-corrected chi connectivity index (χ2v) is 5.74. The van der Waals surface area contributed by atoms with Gasteiger partial charge in [0.1, 0.15) is 5.92 Å². The highest BCUT2D eigenvalue weighted by Gasteiger charge is 2.42. The van der Waals surface area contributed by atoms with E-state index in [0.717, 1.165) is 15.5 Å². The normalized spacial score (nSPS) is 20.1. The van der Waals surface area contributed by atoms with Crippen LogP contribution in [0.15, 0.2) is 5.51 Å². The molecule has 1 N–H and O–H groups in total. The van der Waals surface area contributed by atoms with E-state index in [9.17, 15) is 14.4 Å². The number of aryl methyl sites for hydroxylation is 1. The molecule has 2 rings (SSSR count). The fraction of sp³-hybridized carbons (Fsp3) is 0.500. The van der Waals surface area contributed by atoms with Crippen LogP contribution in [0.1, 0.15) is 24.4 Å². The number of barbiturate groups is 1. The number of thiazole rings is 1. The Morgan fingerprint density at radius 1 is 1.42 bits per heavy atom. The molecule has 1 aromatic rings. The van der Waals surface area contributed by atoms with Gasteiger partial charge in [-0.25, -0.2) is 9.78 Å². The summed E-state index contributed by atoms with van der Waals surface area (Å²) in [5, 5.41) is 2.23. The quantitative estimate of drug-likeness (QED) is 0.847. The van der Waals surface area contributed by atoms with Crippen LogP contribution in [0.5, 0.6) is 0 Å². The van der Waals surface area contributed by atoms with Crippen molar-refractivity contribution in [3.63, 3.8) is 0 Å². The summed E-state index contributed by atoms with van der Waals surface area (Å²) in [6.45, 7) is 5.56. The lowest BCUT2D eigenvalue weighted by atomic mass is 9.92. The smallest absolute Gasteiger partial charge is 0.277 e. The van der Waals surface area contributed by atoms with Crippen LogP contribution in [-0.4, -0.2) is 27.7 Å². The molecular weight excluding hydrogens is 266 g/mol. The van der Waals surface area contributed by atoms with Gasteiger partial charge in [0.15, 0.2) is 0 Å². The molecule has 0 bridgehead atoms. The van der Waals surface area contributed by atoms with Crippen molar-refractivity contribution in [2.45, 2.75) is 27.3 Å². The van der Waals surface area contributed by atoms with Crippen molar-refractivity contribution in [2.75, 3.05) is 0 Å². The van der Waals surface area contributed by atoms with Crippen LogP contribution in [0, 0.1) is 18.8 Å². The number of nitrogens with one attached hydrogen (secondary N) is 1. The van der Waals surface area contributed by atoms with E-state index in [4.69, 9.17) is 0 Å². The second-order valence-electron chi connectivity index (χ2n) is 4.80. The minimum absolute atomic E-state index is 0.148. The molecule has 2 heterocycles. The standard InChI is InChI=1S/C12H15N3O3S/c1-6(2)9-10(16)14-12(18)15(11(9)17)4-8-7(3)13-5-19-8/h5-6,9H,4H2,1-3H3,(H,14,16,18). The Labute approximate surface area is 114 Å². The highest BCUT2D eigenvalue weighted by atomic mass is 32.1. The van der Waals surface area contributed by atoms with Crippen molar-refractivity contribution in [2.24, 2.45) is 11.8 Å². The topological polar surface area (TPSA) is 79.4 Å². The van der Waals surface area contributed by atoms with E-state index in [1.807, 2.05) is 6.92 Å². The lowest BCUT2D eigenvalue weighted by Crippen LogP contribution is -2.58. The van der Waals surface area contributed by atoms with E-state index in [1.54, 1.807) is 19.4 Å². The van der Waals surface area contributed by atoms with Crippen molar-refractivity contribution in [3.8, 4) is 0 Å². The molecule has 6 nitrogen and oxygen atoms in total. The molecule has 7 heteroatoms. The molecule has 1 atom stereocenters. The predicted molar refractivity (Wildman–Crippen MR) is 69.3 cm³/mol. The van der Waals surface area contributed by atoms with Gasteiger partial charge in [0.2, 0.25) is 11.8 Å². The number of amides is 4. The Morgan fingerprint density at radius 2 is 2.11 bits per heavy atom. The van der Waals surface area contributed by atoms with Gasteiger partial charge in [0.25, 0.3) is 0 Å². The van der Waals surface area contributed by atoms with E-state index in [2.05, 4.69) is 10.3 Å². The number of urea groups is 1. The van der Waals surface area contributed by atoms with Crippen LogP contribution < -0.4 is 5.32 Å². The molecule has 0 aliphatic carbocycles. The van der Waals surface area contributed by atoms with Gasteiger partial charge >= 0.3 is 6.03 Å². The first kappa shape index (κ1) is 13.7. The first-order valence-electron chi connectivity index (χ1n) is 5.97. The highest BCUT2D eigenvalue weighted by Crippen LogP contribution is 2.22. The van der Waals surface area contributed by atoms with Crippen molar-refractivity contribution < 1.29 is 14.4 Å². The van der Waals surface area contributed by atoms with Crippen LogP contribution in [-0.2, 0) is 16.1 Å². The van der Waals surface area contributed by atoms with Crippen LogP contribution in [0.25, 0.3) is 0 Å². The lowest BCUT2D eigenvalue weighted by molar-refractivity contribution is -0.144. The summed E-state index contributed by atoms with van der Waals surface area (Å²) in [4.78, 5) is 41.7. The maximum atomic E-state index is 12.3. The zero-order chi connectivity index (χ0) is 14.2. The maximum Gasteiger partial charge on any atom is 0.331 e. The Morgan fingerprint density at radius 3 is 2.63 bits per heavy atom. The van der Waals surface area contributed by atoms with Gasteiger partial charge in [0.05, 0.1) is 17.7 Å². The third kappa shape index (κ3) is 2.51. The predicted octanol–water partition coefficient (Wildman–Crippen LogP) is 1.30. The molecule has 1 fully saturated rings. The fourth-order valence-electron chi connectivity index (χ4n) is 1.99. The summed E-state index contributed by atoms with van der Waals surface area (Å²) in [7, 11) is 0. The summed E-state index contributed by atoms with van der Waals surface area (Å²) in [5.41, 5.74) is 2.46. The van der Waals surface area contributed by atoms with Gasteiger partial charge < -0.3 is 0 Å². The van der Waals surface area contributed by atoms with Gasteiger partial charge in [-0.1, -0.05) is 13.8 Å². The molecule has 1 aliphatic rings. The van der Waals surface area contributed by atoms with Crippen molar-refractivity contribution in [1.82, 2.24) is 15.2 Å². The number of carbonyl (C=O) groups excluding carboxylic acids is 3. The minimum Gasteiger partial charge on any atom is -0.277 e. The Kier molecular flexibility index (Phi) is 3.66. The average Bonchev–Trinajstić information content (AvgIpc) is 2.69. The average molecular weight is 281 g/mol. The molecule has 19 heavy (non-hydrogen) atoms. The van der Waals surface area contributed by atoms with Gasteiger partial charge in [-0.2, -0.15) is 0 Å². The molecule has 1 aliphatic heterocycles. The number of hydrogen-bond acceptors (Lipinski definition) is 5. The SMILES string of the molecule is Cc1ncsc1CN1C(=O)NC(=O)C(C(C)C)C1=O. The van der Waals surface area contributed by atoms with Crippen LogP contribution in [0.2, 0.25) is 0 Å². The molecule has 0 radical (unpaired) electrons. The van der Waals surface area contributed by atoms with E-state index in [0.29, 0.717) is 0 Å². The maximum absolute atomic E-state index is 12.3. The van der Waals surface area contributed by atoms with E-state index in [-0.39, 0.29) is 12.5 Å². The highest BCUT2D eigenvalue weighted by molar-refractivity contribution is 7.09.